The highest BCUT2D eigenvalue weighted by atomic mass is 79.9. The maximum atomic E-state index is 12.5. The van der Waals surface area contributed by atoms with Crippen LogP contribution in [0.3, 0.4) is 0 Å². The number of aliphatic hydroxyl groups is 1. The van der Waals surface area contributed by atoms with Crippen LogP contribution in [-0.2, 0) is 16.6 Å². The number of H-pyrrole nitrogens is 1. The Balaban J connectivity index is 2.38. The average Bonchev–Trinajstić information content (AvgIpc) is 2.95. The summed E-state index contributed by atoms with van der Waals surface area (Å²) in [6.07, 6.45) is 3.21. The van der Waals surface area contributed by atoms with Crippen molar-refractivity contribution in [1.82, 2.24) is 14.9 Å². The first-order valence-electron chi connectivity index (χ1n) is 6.26. The summed E-state index contributed by atoms with van der Waals surface area (Å²) in [4.78, 5) is 0.149. The summed E-state index contributed by atoms with van der Waals surface area (Å²) < 4.78 is 28.3. The molecule has 1 unspecified atom stereocenters. The van der Waals surface area contributed by atoms with Gasteiger partial charge in [-0.2, -0.15) is 5.10 Å². The third kappa shape index (κ3) is 3.52. The second kappa shape index (κ2) is 6.27. The van der Waals surface area contributed by atoms with E-state index in [1.807, 2.05) is 0 Å². The summed E-state index contributed by atoms with van der Waals surface area (Å²) in [6, 6.07) is 2.77. The molecule has 0 saturated carbocycles. The number of aliphatic hydroxyl groups excluding tert-OH is 1. The van der Waals surface area contributed by atoms with Gasteiger partial charge in [-0.1, -0.05) is 15.9 Å². The van der Waals surface area contributed by atoms with Crippen LogP contribution in [0, 0.1) is 6.92 Å². The molecule has 21 heavy (non-hydrogen) atoms. The zero-order valence-corrected chi connectivity index (χ0v) is 14.0. The SMILES string of the molecule is Cc1c(Br)cc(CO)cc1S(=O)(=O)NC(C)c1cn[nH]c1. The van der Waals surface area contributed by atoms with Gasteiger partial charge in [0.25, 0.3) is 0 Å². The van der Waals surface area contributed by atoms with E-state index in [1.165, 1.54) is 6.07 Å². The van der Waals surface area contributed by atoms with Gasteiger partial charge in [0.15, 0.2) is 0 Å². The van der Waals surface area contributed by atoms with Gasteiger partial charge in [0, 0.05) is 22.3 Å². The minimum absolute atomic E-state index is 0.149. The molecule has 114 valence electrons. The largest absolute Gasteiger partial charge is 0.392 e. The molecule has 0 radical (unpaired) electrons. The summed E-state index contributed by atoms with van der Waals surface area (Å²) in [6.45, 7) is 3.23. The van der Waals surface area contributed by atoms with E-state index in [0.29, 0.717) is 15.6 Å². The zero-order chi connectivity index (χ0) is 15.6. The standard InChI is InChI=1S/C13H16BrN3O3S/c1-8-12(14)3-10(7-18)4-13(8)21(19,20)17-9(2)11-5-15-16-6-11/h3-6,9,17-18H,7H2,1-2H3,(H,15,16). The molecule has 1 heterocycles. The van der Waals surface area contributed by atoms with Crippen molar-refractivity contribution in [3.05, 3.63) is 45.7 Å². The summed E-state index contributed by atoms with van der Waals surface area (Å²) >= 11 is 3.32. The Morgan fingerprint density at radius 1 is 1.48 bits per heavy atom. The first-order chi connectivity index (χ1) is 9.85. The summed E-state index contributed by atoms with van der Waals surface area (Å²) in [7, 11) is -3.70. The van der Waals surface area contributed by atoms with Crippen LogP contribution in [0.4, 0.5) is 0 Å². The lowest BCUT2D eigenvalue weighted by Gasteiger charge is -2.16. The molecule has 6 nitrogen and oxygen atoms in total. The molecule has 2 aromatic rings. The fraction of sp³-hybridized carbons (Fsp3) is 0.308. The molecule has 0 amide bonds. The molecule has 0 saturated heterocycles. The van der Waals surface area contributed by atoms with E-state index in [0.717, 1.165) is 5.56 Å². The Bertz CT molecular complexity index is 729. The molecule has 0 aliphatic heterocycles. The summed E-state index contributed by atoms with van der Waals surface area (Å²) in [5.74, 6) is 0. The number of halogens is 1. The molecular weight excluding hydrogens is 358 g/mol. The van der Waals surface area contributed by atoms with Crippen LogP contribution in [-0.4, -0.2) is 23.7 Å². The van der Waals surface area contributed by atoms with Crippen LogP contribution < -0.4 is 4.72 Å². The van der Waals surface area contributed by atoms with Crippen LogP contribution in [0.15, 0.2) is 33.9 Å². The summed E-state index contributed by atoms with van der Waals surface area (Å²) in [5.41, 5.74) is 1.87. The van der Waals surface area contributed by atoms with E-state index in [-0.39, 0.29) is 11.5 Å². The predicted molar refractivity (Wildman–Crippen MR) is 82.1 cm³/mol. The van der Waals surface area contributed by atoms with Crippen LogP contribution >= 0.6 is 15.9 Å². The predicted octanol–water partition coefficient (Wildman–Crippen LogP) is 2.01. The van der Waals surface area contributed by atoms with E-state index in [2.05, 4.69) is 30.8 Å². The lowest BCUT2D eigenvalue weighted by Crippen LogP contribution is -2.27. The fourth-order valence-electron chi connectivity index (χ4n) is 1.94. The van der Waals surface area contributed by atoms with Gasteiger partial charge in [-0.05, 0) is 37.1 Å². The van der Waals surface area contributed by atoms with E-state index >= 15 is 0 Å². The molecule has 0 aliphatic rings. The molecule has 0 fully saturated rings. The van der Waals surface area contributed by atoms with Crippen molar-refractivity contribution in [1.29, 1.82) is 0 Å². The van der Waals surface area contributed by atoms with Crippen molar-refractivity contribution in [3.8, 4) is 0 Å². The smallest absolute Gasteiger partial charge is 0.241 e. The molecule has 2 rings (SSSR count). The van der Waals surface area contributed by atoms with Gasteiger partial charge in [0.05, 0.1) is 17.7 Å². The lowest BCUT2D eigenvalue weighted by atomic mass is 10.2. The highest BCUT2D eigenvalue weighted by Crippen LogP contribution is 2.27. The number of hydrogen-bond acceptors (Lipinski definition) is 4. The normalized spacial score (nSPS) is 13.3. The van der Waals surface area contributed by atoms with Crippen LogP contribution in [0.5, 0.6) is 0 Å². The quantitative estimate of drug-likeness (QED) is 0.746. The molecule has 1 aromatic heterocycles. The zero-order valence-electron chi connectivity index (χ0n) is 11.6. The highest BCUT2D eigenvalue weighted by molar-refractivity contribution is 9.10. The Morgan fingerprint density at radius 2 is 2.19 bits per heavy atom. The third-order valence-corrected chi connectivity index (χ3v) is 5.67. The van der Waals surface area contributed by atoms with E-state index in [9.17, 15) is 13.5 Å². The number of rotatable bonds is 5. The van der Waals surface area contributed by atoms with Crippen LogP contribution in [0.25, 0.3) is 0 Å². The Morgan fingerprint density at radius 3 is 2.76 bits per heavy atom. The maximum Gasteiger partial charge on any atom is 0.241 e. The van der Waals surface area contributed by atoms with Gasteiger partial charge in [-0.25, -0.2) is 13.1 Å². The Labute approximate surface area is 131 Å². The average molecular weight is 374 g/mol. The first kappa shape index (κ1) is 16.2. The second-order valence-electron chi connectivity index (χ2n) is 4.73. The first-order valence-corrected chi connectivity index (χ1v) is 8.53. The third-order valence-electron chi connectivity index (χ3n) is 3.18. The Hall–Kier alpha value is -1.22. The van der Waals surface area contributed by atoms with Crippen molar-refractivity contribution in [2.75, 3.05) is 0 Å². The van der Waals surface area contributed by atoms with Crippen LogP contribution in [0.2, 0.25) is 0 Å². The molecule has 0 bridgehead atoms. The molecule has 3 N–H and O–H groups in total. The number of nitrogens with zero attached hydrogens (tertiary/aromatic N) is 1. The number of benzene rings is 1. The van der Waals surface area contributed by atoms with Crippen molar-refractivity contribution in [2.45, 2.75) is 31.4 Å². The molecule has 8 heteroatoms. The molecular formula is C13H16BrN3O3S. The van der Waals surface area contributed by atoms with Gasteiger partial charge in [0.1, 0.15) is 0 Å². The monoisotopic (exact) mass is 373 g/mol. The molecule has 1 atom stereocenters. The Kier molecular flexibility index (Phi) is 4.82. The second-order valence-corrected chi connectivity index (χ2v) is 7.27. The molecule has 0 aliphatic carbocycles. The minimum atomic E-state index is -3.70. The van der Waals surface area contributed by atoms with Gasteiger partial charge in [-0.3, -0.25) is 5.10 Å². The molecule has 0 spiro atoms. The van der Waals surface area contributed by atoms with Crippen molar-refractivity contribution in [3.63, 3.8) is 0 Å². The molecule has 1 aromatic carbocycles. The van der Waals surface area contributed by atoms with Crippen molar-refractivity contribution < 1.29 is 13.5 Å². The lowest BCUT2D eigenvalue weighted by molar-refractivity contribution is 0.281. The fourth-order valence-corrected chi connectivity index (χ4v) is 4.13. The minimum Gasteiger partial charge on any atom is -0.392 e. The van der Waals surface area contributed by atoms with E-state index in [1.54, 1.807) is 32.3 Å². The van der Waals surface area contributed by atoms with Gasteiger partial charge in [0.2, 0.25) is 10.0 Å². The number of sulfonamides is 1. The number of aromatic nitrogens is 2. The number of nitrogens with one attached hydrogen (secondary N) is 2. The number of aromatic amines is 1. The van der Waals surface area contributed by atoms with Crippen molar-refractivity contribution >= 4 is 26.0 Å². The van der Waals surface area contributed by atoms with E-state index in [4.69, 9.17) is 0 Å². The van der Waals surface area contributed by atoms with Gasteiger partial charge >= 0.3 is 0 Å². The topological polar surface area (TPSA) is 95.1 Å². The number of hydrogen-bond donors (Lipinski definition) is 3. The van der Waals surface area contributed by atoms with Crippen molar-refractivity contribution in [2.24, 2.45) is 0 Å². The van der Waals surface area contributed by atoms with Gasteiger partial charge in [-0.15, -0.1) is 0 Å². The van der Waals surface area contributed by atoms with Crippen LogP contribution in [0.1, 0.15) is 29.7 Å². The van der Waals surface area contributed by atoms with Gasteiger partial charge < -0.3 is 5.11 Å². The highest BCUT2D eigenvalue weighted by Gasteiger charge is 2.22. The summed E-state index contributed by atoms with van der Waals surface area (Å²) in [5, 5.41) is 15.7. The van der Waals surface area contributed by atoms with E-state index < -0.39 is 16.1 Å². The maximum absolute atomic E-state index is 12.5.